The first-order valence-electron chi connectivity index (χ1n) is 10.3. The van der Waals surface area contributed by atoms with Crippen molar-refractivity contribution in [2.75, 3.05) is 5.75 Å². The highest BCUT2D eigenvalue weighted by Gasteiger charge is 2.38. The Kier molecular flexibility index (Phi) is 5.96. The van der Waals surface area contributed by atoms with E-state index in [9.17, 15) is 5.11 Å². The van der Waals surface area contributed by atoms with Crippen molar-refractivity contribution in [1.82, 2.24) is 0 Å². The summed E-state index contributed by atoms with van der Waals surface area (Å²) in [5, 5.41) is 10.9. The third kappa shape index (κ3) is 3.78. The van der Waals surface area contributed by atoms with Crippen LogP contribution in [-0.2, 0) is 0 Å². The number of unbranched alkanes of at least 4 members (excludes halogenated alkanes) is 2. The third-order valence-corrected chi connectivity index (χ3v) is 7.57. The van der Waals surface area contributed by atoms with Gasteiger partial charge in [0.2, 0.25) is 0 Å². The molecule has 144 valence electrons. The molecule has 2 aliphatic heterocycles. The molecule has 2 aliphatic rings. The predicted molar refractivity (Wildman–Crippen MR) is 113 cm³/mol. The van der Waals surface area contributed by atoms with Gasteiger partial charge in [0.15, 0.2) is 0 Å². The minimum atomic E-state index is -0.297. The molecule has 1 aromatic carbocycles. The van der Waals surface area contributed by atoms with Gasteiger partial charge in [0.25, 0.3) is 0 Å². The number of rotatable bonds is 6. The summed E-state index contributed by atoms with van der Waals surface area (Å²) in [4.78, 5) is 1.31. The van der Waals surface area contributed by atoms with Crippen LogP contribution >= 0.6 is 11.8 Å². The molecule has 0 fully saturated rings. The number of allylic oxidation sites excluding steroid dienone is 1. The highest BCUT2D eigenvalue weighted by atomic mass is 32.2. The third-order valence-electron chi connectivity index (χ3n) is 6.05. The summed E-state index contributed by atoms with van der Waals surface area (Å²) in [6, 6.07) is 4.19. The minimum Gasteiger partial charge on any atom is -0.507 e. The molecule has 0 aliphatic carbocycles. The quantitative estimate of drug-likeness (QED) is 0.537. The van der Waals surface area contributed by atoms with Crippen LogP contribution in [0.2, 0.25) is 0 Å². The second-order valence-corrected chi connectivity index (χ2v) is 9.65. The molecule has 2 heterocycles. The molecule has 26 heavy (non-hydrogen) atoms. The lowest BCUT2D eigenvalue weighted by molar-refractivity contribution is 0.152. The van der Waals surface area contributed by atoms with Crippen molar-refractivity contribution in [3.8, 4) is 11.5 Å². The van der Waals surface area contributed by atoms with Crippen LogP contribution in [0.15, 0.2) is 17.0 Å². The average molecular weight is 375 g/mol. The lowest BCUT2D eigenvalue weighted by atomic mass is 9.83. The van der Waals surface area contributed by atoms with Crippen molar-refractivity contribution in [3.05, 3.63) is 28.2 Å². The summed E-state index contributed by atoms with van der Waals surface area (Å²) in [6.45, 7) is 11.2. The zero-order chi connectivity index (χ0) is 18.9. The second-order valence-electron chi connectivity index (χ2n) is 8.55. The van der Waals surface area contributed by atoms with E-state index < -0.39 is 0 Å². The maximum Gasteiger partial charge on any atom is 0.134 e. The number of ether oxygens (including phenoxy) is 1. The summed E-state index contributed by atoms with van der Waals surface area (Å²) in [5.41, 5.74) is 3.16. The first-order valence-corrected chi connectivity index (χ1v) is 11.3. The number of phenols is 1. The molecule has 0 saturated heterocycles. The number of aromatic hydroxyl groups is 1. The molecule has 0 aromatic heterocycles. The van der Waals surface area contributed by atoms with Gasteiger partial charge in [-0.3, -0.25) is 0 Å². The van der Waals surface area contributed by atoms with Crippen LogP contribution in [0.1, 0.15) is 90.2 Å². The molecule has 3 heteroatoms. The van der Waals surface area contributed by atoms with Crippen LogP contribution in [-0.4, -0.2) is 16.5 Å². The van der Waals surface area contributed by atoms with E-state index in [0.717, 1.165) is 23.5 Å². The van der Waals surface area contributed by atoms with E-state index in [1.54, 1.807) is 0 Å². The summed E-state index contributed by atoms with van der Waals surface area (Å²) in [5.74, 6) is 3.45. The number of hydrogen-bond acceptors (Lipinski definition) is 3. The van der Waals surface area contributed by atoms with Crippen LogP contribution in [0, 0.1) is 5.92 Å². The Hall–Kier alpha value is -1.09. The number of benzene rings is 1. The van der Waals surface area contributed by atoms with Gasteiger partial charge in [-0.15, -0.1) is 11.8 Å². The van der Waals surface area contributed by atoms with Gasteiger partial charge in [-0.1, -0.05) is 46.5 Å². The summed E-state index contributed by atoms with van der Waals surface area (Å²) < 4.78 is 6.40. The molecule has 3 rings (SSSR count). The first kappa shape index (κ1) is 19.7. The molecule has 1 N–H and O–H groups in total. The van der Waals surface area contributed by atoms with Crippen molar-refractivity contribution in [2.24, 2.45) is 5.92 Å². The SMILES string of the molecule is CCCCC[C@H](C)[C@H](C)c1cc(O)c2c(c1)OC(C)(C)C1=C2CCCS1. The Morgan fingerprint density at radius 2 is 2.00 bits per heavy atom. The zero-order valence-electron chi connectivity index (χ0n) is 17.0. The maximum atomic E-state index is 10.9. The zero-order valence-corrected chi connectivity index (χ0v) is 17.8. The van der Waals surface area contributed by atoms with Crippen LogP contribution < -0.4 is 4.74 Å². The highest BCUT2D eigenvalue weighted by molar-refractivity contribution is 8.03. The molecule has 0 radical (unpaired) electrons. The van der Waals surface area contributed by atoms with Crippen LogP contribution in [0.25, 0.3) is 5.57 Å². The standard InChI is InChI=1S/C23H34O2S/c1-6-7-8-10-15(2)16(3)17-13-19(24)21-18-11-9-12-26-22(18)23(4,5)25-20(21)14-17/h13-16,24H,6-12H2,1-5H3/t15-,16-/m0/s1. The smallest absolute Gasteiger partial charge is 0.134 e. The molecular formula is C23H34O2S. The lowest BCUT2D eigenvalue weighted by Gasteiger charge is -2.39. The Morgan fingerprint density at radius 3 is 2.73 bits per heavy atom. The molecule has 0 saturated carbocycles. The van der Waals surface area contributed by atoms with Gasteiger partial charge in [-0.05, 0) is 67.5 Å². The Balaban J connectivity index is 1.92. The molecule has 0 unspecified atom stereocenters. The van der Waals surface area contributed by atoms with E-state index in [2.05, 4.69) is 40.7 Å². The minimum absolute atomic E-state index is 0.297. The van der Waals surface area contributed by atoms with E-state index in [1.807, 2.05) is 17.8 Å². The molecular weight excluding hydrogens is 340 g/mol. The van der Waals surface area contributed by atoms with Gasteiger partial charge in [-0.25, -0.2) is 0 Å². The van der Waals surface area contributed by atoms with E-state index in [1.165, 1.54) is 48.1 Å². The van der Waals surface area contributed by atoms with Gasteiger partial charge in [0.1, 0.15) is 17.1 Å². The van der Waals surface area contributed by atoms with Crippen molar-refractivity contribution < 1.29 is 9.84 Å². The predicted octanol–water partition coefficient (Wildman–Crippen LogP) is 7.12. The normalized spacial score (nSPS) is 20.8. The Labute approximate surface area is 163 Å². The van der Waals surface area contributed by atoms with E-state index in [4.69, 9.17) is 4.74 Å². The summed E-state index contributed by atoms with van der Waals surface area (Å²) in [6.07, 6.45) is 7.31. The van der Waals surface area contributed by atoms with Crippen molar-refractivity contribution in [3.63, 3.8) is 0 Å². The van der Waals surface area contributed by atoms with E-state index in [0.29, 0.717) is 17.6 Å². The van der Waals surface area contributed by atoms with Crippen molar-refractivity contribution >= 4 is 17.3 Å². The summed E-state index contributed by atoms with van der Waals surface area (Å²) in [7, 11) is 0. The molecule has 0 spiro atoms. The molecule has 2 atom stereocenters. The monoisotopic (exact) mass is 374 g/mol. The summed E-state index contributed by atoms with van der Waals surface area (Å²) >= 11 is 1.90. The fourth-order valence-electron chi connectivity index (χ4n) is 4.28. The first-order chi connectivity index (χ1) is 12.3. The Bertz CT molecular complexity index is 690. The van der Waals surface area contributed by atoms with Crippen LogP contribution in [0.4, 0.5) is 0 Å². The number of phenolic OH excluding ortho intramolecular Hbond substituents is 1. The van der Waals surface area contributed by atoms with Gasteiger partial charge < -0.3 is 9.84 Å². The molecule has 2 nitrogen and oxygen atoms in total. The highest BCUT2D eigenvalue weighted by Crippen LogP contribution is 2.53. The topological polar surface area (TPSA) is 29.5 Å². The van der Waals surface area contributed by atoms with Crippen LogP contribution in [0.3, 0.4) is 0 Å². The number of fused-ring (bicyclic) bond motifs is 2. The number of thioether (sulfide) groups is 1. The van der Waals surface area contributed by atoms with Gasteiger partial charge in [0.05, 0.1) is 5.56 Å². The van der Waals surface area contributed by atoms with Gasteiger partial charge >= 0.3 is 0 Å². The maximum absolute atomic E-state index is 10.9. The molecule has 1 aromatic rings. The largest absolute Gasteiger partial charge is 0.507 e. The van der Waals surface area contributed by atoms with E-state index in [-0.39, 0.29) is 5.60 Å². The number of hydrogen-bond donors (Lipinski definition) is 1. The van der Waals surface area contributed by atoms with Crippen molar-refractivity contribution in [1.29, 1.82) is 0 Å². The van der Waals surface area contributed by atoms with Crippen molar-refractivity contribution in [2.45, 2.75) is 84.7 Å². The van der Waals surface area contributed by atoms with E-state index >= 15 is 0 Å². The van der Waals surface area contributed by atoms with Gasteiger partial charge in [0, 0.05) is 4.91 Å². The van der Waals surface area contributed by atoms with Gasteiger partial charge in [-0.2, -0.15) is 0 Å². The fourth-order valence-corrected chi connectivity index (χ4v) is 5.54. The lowest BCUT2D eigenvalue weighted by Crippen LogP contribution is -2.34. The molecule has 0 bridgehead atoms. The molecule has 0 amide bonds. The Morgan fingerprint density at radius 1 is 1.23 bits per heavy atom. The average Bonchev–Trinajstić information content (AvgIpc) is 2.60. The second kappa shape index (κ2) is 7.88. The van der Waals surface area contributed by atoms with Crippen LogP contribution in [0.5, 0.6) is 11.5 Å². The fraction of sp³-hybridized carbons (Fsp3) is 0.652.